The van der Waals surface area contributed by atoms with E-state index >= 15 is 0 Å². The maximum absolute atomic E-state index is 11.6. The Morgan fingerprint density at radius 1 is 1.35 bits per heavy atom. The Morgan fingerprint density at radius 2 is 2.15 bits per heavy atom. The molecule has 1 fully saturated rings. The zero-order chi connectivity index (χ0) is 14.2. The Bertz CT molecular complexity index is 724. The van der Waals surface area contributed by atoms with Gasteiger partial charge in [0, 0.05) is 29.2 Å². The third-order valence-electron chi connectivity index (χ3n) is 3.74. The number of nitrogens with one attached hydrogen (secondary N) is 2. The number of rotatable bonds is 3. The molecule has 1 saturated heterocycles. The molecule has 2 aromatic rings. The first-order valence-electron chi connectivity index (χ1n) is 6.74. The molecule has 4 nitrogen and oxygen atoms in total. The van der Waals surface area contributed by atoms with Gasteiger partial charge in [-0.05, 0) is 18.9 Å². The van der Waals surface area contributed by atoms with Gasteiger partial charge in [0.15, 0.2) is 9.84 Å². The molecule has 0 radical (unpaired) electrons. The Hall–Kier alpha value is -1.04. The number of para-hydroxylation sites is 1. The molecular weight excluding hydrogens is 296 g/mol. The molecule has 1 aromatic carbocycles. The van der Waals surface area contributed by atoms with E-state index in [0.717, 1.165) is 29.4 Å². The second-order valence-corrected chi connectivity index (χ2v) is 7.90. The number of aromatic amines is 1. The van der Waals surface area contributed by atoms with Crippen molar-refractivity contribution in [1.29, 1.82) is 0 Å². The van der Waals surface area contributed by atoms with Crippen LogP contribution in [0, 0.1) is 0 Å². The van der Waals surface area contributed by atoms with E-state index in [4.69, 9.17) is 11.6 Å². The molecule has 1 aliphatic rings. The summed E-state index contributed by atoms with van der Waals surface area (Å²) in [6, 6.07) is 7.89. The van der Waals surface area contributed by atoms with Crippen LogP contribution in [0.3, 0.4) is 0 Å². The molecule has 0 amide bonds. The Balaban J connectivity index is 1.72. The van der Waals surface area contributed by atoms with Crippen molar-refractivity contribution >= 4 is 32.3 Å². The molecule has 6 heteroatoms. The summed E-state index contributed by atoms with van der Waals surface area (Å²) in [5, 5.41) is 5.02. The van der Waals surface area contributed by atoms with E-state index in [1.54, 1.807) is 0 Å². The Labute approximate surface area is 123 Å². The van der Waals surface area contributed by atoms with Crippen LogP contribution >= 0.6 is 11.6 Å². The highest BCUT2D eigenvalue weighted by atomic mass is 35.5. The van der Waals surface area contributed by atoms with Crippen molar-refractivity contribution in [1.82, 2.24) is 10.3 Å². The largest absolute Gasteiger partial charge is 0.356 e. The first-order valence-corrected chi connectivity index (χ1v) is 8.94. The van der Waals surface area contributed by atoms with Crippen molar-refractivity contribution in [3.63, 3.8) is 0 Å². The van der Waals surface area contributed by atoms with Gasteiger partial charge in [0.05, 0.1) is 16.5 Å². The summed E-state index contributed by atoms with van der Waals surface area (Å²) in [5.41, 5.74) is 1.92. The fourth-order valence-corrected chi connectivity index (χ4v) is 4.67. The Morgan fingerprint density at radius 3 is 2.90 bits per heavy atom. The molecule has 0 aliphatic carbocycles. The van der Waals surface area contributed by atoms with Gasteiger partial charge in [-0.2, -0.15) is 0 Å². The number of hydrogen-bond acceptors (Lipinski definition) is 3. The van der Waals surface area contributed by atoms with Crippen LogP contribution in [0.5, 0.6) is 0 Å². The van der Waals surface area contributed by atoms with Crippen molar-refractivity contribution in [3.05, 3.63) is 35.0 Å². The third-order valence-corrected chi connectivity index (χ3v) is 6.00. The van der Waals surface area contributed by atoms with Gasteiger partial charge >= 0.3 is 0 Å². The molecule has 1 unspecified atom stereocenters. The second-order valence-electron chi connectivity index (χ2n) is 5.30. The van der Waals surface area contributed by atoms with Crippen LogP contribution in [0.25, 0.3) is 10.9 Å². The minimum absolute atomic E-state index is 0.0243. The van der Waals surface area contributed by atoms with Gasteiger partial charge in [0.2, 0.25) is 0 Å². The molecule has 1 atom stereocenters. The van der Waals surface area contributed by atoms with E-state index in [2.05, 4.69) is 10.3 Å². The predicted molar refractivity (Wildman–Crippen MR) is 81.8 cm³/mol. The van der Waals surface area contributed by atoms with E-state index in [1.807, 2.05) is 24.3 Å². The first kappa shape index (κ1) is 13.9. The lowest BCUT2D eigenvalue weighted by molar-refractivity contribution is 0.478. The van der Waals surface area contributed by atoms with Crippen molar-refractivity contribution in [2.75, 3.05) is 11.5 Å². The van der Waals surface area contributed by atoms with Crippen LogP contribution in [0.2, 0.25) is 5.02 Å². The zero-order valence-corrected chi connectivity index (χ0v) is 12.6. The molecular formula is C14H17ClN2O2S. The quantitative estimate of drug-likeness (QED) is 0.915. The zero-order valence-electron chi connectivity index (χ0n) is 11.0. The topological polar surface area (TPSA) is 62.0 Å². The van der Waals surface area contributed by atoms with Crippen molar-refractivity contribution < 1.29 is 8.42 Å². The summed E-state index contributed by atoms with van der Waals surface area (Å²) < 4.78 is 23.2. The van der Waals surface area contributed by atoms with Gasteiger partial charge in [0.1, 0.15) is 0 Å². The summed E-state index contributed by atoms with van der Waals surface area (Å²) in [7, 11) is -2.88. The lowest BCUT2D eigenvalue weighted by Gasteiger charge is -2.22. The molecule has 0 bridgehead atoms. The van der Waals surface area contributed by atoms with Gasteiger partial charge in [-0.15, -0.1) is 0 Å². The predicted octanol–water partition coefficient (Wildman–Crippen LogP) is 2.49. The van der Waals surface area contributed by atoms with Crippen LogP contribution < -0.4 is 5.32 Å². The van der Waals surface area contributed by atoms with E-state index in [-0.39, 0.29) is 11.8 Å². The van der Waals surface area contributed by atoms with Crippen molar-refractivity contribution in [2.24, 2.45) is 0 Å². The van der Waals surface area contributed by atoms with Crippen LogP contribution in [0.15, 0.2) is 24.3 Å². The molecule has 1 aliphatic heterocycles. The molecule has 20 heavy (non-hydrogen) atoms. The van der Waals surface area contributed by atoms with Gasteiger partial charge in [-0.25, -0.2) is 8.42 Å². The average molecular weight is 313 g/mol. The minimum Gasteiger partial charge on any atom is -0.356 e. The van der Waals surface area contributed by atoms with Gasteiger partial charge in [0.25, 0.3) is 0 Å². The Kier molecular flexibility index (Phi) is 3.75. The maximum Gasteiger partial charge on any atom is 0.151 e. The summed E-state index contributed by atoms with van der Waals surface area (Å²) >= 11 is 6.34. The fourth-order valence-electron chi connectivity index (χ4n) is 2.72. The highest BCUT2D eigenvalue weighted by Gasteiger charge is 2.24. The van der Waals surface area contributed by atoms with E-state index in [1.165, 1.54) is 0 Å². The number of aromatic nitrogens is 1. The second kappa shape index (κ2) is 5.39. The number of H-pyrrole nitrogens is 1. The molecule has 0 saturated carbocycles. The van der Waals surface area contributed by atoms with E-state index in [0.29, 0.717) is 17.3 Å². The van der Waals surface area contributed by atoms with Crippen molar-refractivity contribution in [2.45, 2.75) is 25.4 Å². The highest BCUT2D eigenvalue weighted by Crippen LogP contribution is 2.27. The number of benzene rings is 1. The maximum atomic E-state index is 11.6. The monoisotopic (exact) mass is 312 g/mol. The molecule has 108 valence electrons. The van der Waals surface area contributed by atoms with Gasteiger partial charge in [-0.3, -0.25) is 0 Å². The average Bonchev–Trinajstić information content (AvgIpc) is 2.73. The summed E-state index contributed by atoms with van der Waals surface area (Å²) in [4.78, 5) is 3.28. The number of sulfone groups is 1. The number of fused-ring (bicyclic) bond motifs is 1. The number of halogens is 1. The van der Waals surface area contributed by atoms with Crippen LogP contribution in [-0.4, -0.2) is 30.9 Å². The standard InChI is InChI=1S/C14H17ClN2O2S/c15-14-11-5-1-2-6-12(11)17-13(14)8-16-10-4-3-7-20(18,19)9-10/h1-2,5-6,10,16-17H,3-4,7-9H2. The summed E-state index contributed by atoms with van der Waals surface area (Å²) in [5.74, 6) is 0.545. The smallest absolute Gasteiger partial charge is 0.151 e. The SMILES string of the molecule is O=S1(=O)CCCC(NCc2[nH]c3ccccc3c2Cl)C1. The normalized spacial score (nSPS) is 22.1. The molecule has 3 rings (SSSR count). The van der Waals surface area contributed by atoms with Crippen LogP contribution in [-0.2, 0) is 16.4 Å². The minimum atomic E-state index is -2.88. The van der Waals surface area contributed by atoms with Crippen molar-refractivity contribution in [3.8, 4) is 0 Å². The highest BCUT2D eigenvalue weighted by molar-refractivity contribution is 7.91. The molecule has 1 aromatic heterocycles. The molecule has 0 spiro atoms. The fraction of sp³-hybridized carbons (Fsp3) is 0.429. The third kappa shape index (κ3) is 2.85. The lowest BCUT2D eigenvalue weighted by atomic mass is 10.2. The van der Waals surface area contributed by atoms with Gasteiger partial charge < -0.3 is 10.3 Å². The molecule has 2 heterocycles. The van der Waals surface area contributed by atoms with Crippen LogP contribution in [0.1, 0.15) is 18.5 Å². The van der Waals surface area contributed by atoms with Crippen LogP contribution in [0.4, 0.5) is 0 Å². The summed E-state index contributed by atoms with van der Waals surface area (Å²) in [6.45, 7) is 0.563. The van der Waals surface area contributed by atoms with Gasteiger partial charge in [-0.1, -0.05) is 29.8 Å². The first-order chi connectivity index (χ1) is 9.55. The molecule has 2 N–H and O–H groups in total. The number of hydrogen-bond donors (Lipinski definition) is 2. The summed E-state index contributed by atoms with van der Waals surface area (Å²) in [6.07, 6.45) is 1.64. The lowest BCUT2D eigenvalue weighted by Crippen LogP contribution is -2.39. The van der Waals surface area contributed by atoms with E-state index < -0.39 is 9.84 Å². The van der Waals surface area contributed by atoms with E-state index in [9.17, 15) is 8.42 Å².